The van der Waals surface area contributed by atoms with Gasteiger partial charge in [-0.2, -0.15) is 0 Å². The van der Waals surface area contributed by atoms with Gasteiger partial charge in [-0.25, -0.2) is 0 Å². The molecule has 0 radical (unpaired) electrons. The zero-order chi connectivity index (χ0) is 12.4. The first-order valence-corrected chi connectivity index (χ1v) is 6.61. The standard InChI is InChI=1S/C14H28N2/c1-12(2,3)15-8-9-16(13(4,5)6)14(7)10-11(14)15/h11H,8-10H2,1-7H3. The smallest absolute Gasteiger partial charge is 0.0358 e. The lowest BCUT2D eigenvalue weighted by Gasteiger charge is -2.50. The largest absolute Gasteiger partial charge is 0.292 e. The number of rotatable bonds is 0. The predicted molar refractivity (Wildman–Crippen MR) is 69.7 cm³/mol. The van der Waals surface area contributed by atoms with Gasteiger partial charge in [0.25, 0.3) is 0 Å². The second-order valence-corrected chi connectivity index (χ2v) is 7.76. The fourth-order valence-corrected chi connectivity index (χ4v) is 3.59. The van der Waals surface area contributed by atoms with E-state index < -0.39 is 0 Å². The lowest BCUT2D eigenvalue weighted by Crippen LogP contribution is -2.61. The molecular formula is C14H28N2. The van der Waals surface area contributed by atoms with Gasteiger partial charge in [0.05, 0.1) is 0 Å². The molecular weight excluding hydrogens is 196 g/mol. The zero-order valence-electron chi connectivity index (χ0n) is 12.1. The van der Waals surface area contributed by atoms with Crippen LogP contribution in [0.1, 0.15) is 54.9 Å². The quantitative estimate of drug-likeness (QED) is 0.624. The van der Waals surface area contributed by atoms with Crippen molar-refractivity contribution in [2.45, 2.75) is 77.5 Å². The Morgan fingerprint density at radius 2 is 1.50 bits per heavy atom. The summed E-state index contributed by atoms with van der Waals surface area (Å²) in [4.78, 5) is 5.42. The average molecular weight is 224 g/mol. The van der Waals surface area contributed by atoms with Crippen LogP contribution in [0.3, 0.4) is 0 Å². The maximum absolute atomic E-state index is 2.72. The van der Waals surface area contributed by atoms with Gasteiger partial charge in [-0.1, -0.05) is 0 Å². The molecule has 1 heterocycles. The molecule has 0 aromatic carbocycles. The van der Waals surface area contributed by atoms with Gasteiger partial charge in [0.2, 0.25) is 0 Å². The van der Waals surface area contributed by atoms with E-state index in [0.29, 0.717) is 16.6 Å². The van der Waals surface area contributed by atoms with Crippen molar-refractivity contribution in [2.75, 3.05) is 13.1 Å². The average Bonchev–Trinajstić information content (AvgIpc) is 2.70. The highest BCUT2D eigenvalue weighted by Crippen LogP contribution is 2.52. The van der Waals surface area contributed by atoms with E-state index in [1.807, 2.05) is 0 Å². The van der Waals surface area contributed by atoms with E-state index in [1.165, 1.54) is 19.5 Å². The summed E-state index contributed by atoms with van der Waals surface area (Å²) in [6, 6.07) is 0.778. The highest BCUT2D eigenvalue weighted by Gasteiger charge is 2.62. The summed E-state index contributed by atoms with van der Waals surface area (Å²) in [7, 11) is 0. The predicted octanol–water partition coefficient (Wildman–Crippen LogP) is 2.73. The van der Waals surface area contributed by atoms with Crippen LogP contribution in [0, 0.1) is 0 Å². The molecule has 0 amide bonds. The molecule has 2 fully saturated rings. The van der Waals surface area contributed by atoms with Crippen molar-refractivity contribution in [3.8, 4) is 0 Å². The van der Waals surface area contributed by atoms with Crippen LogP contribution in [0.25, 0.3) is 0 Å². The van der Waals surface area contributed by atoms with Gasteiger partial charge in [-0.05, 0) is 54.9 Å². The molecule has 2 heteroatoms. The Hall–Kier alpha value is -0.0800. The van der Waals surface area contributed by atoms with Crippen LogP contribution in [0.15, 0.2) is 0 Å². The minimum Gasteiger partial charge on any atom is -0.292 e. The number of hydrogen-bond acceptors (Lipinski definition) is 2. The van der Waals surface area contributed by atoms with E-state index >= 15 is 0 Å². The van der Waals surface area contributed by atoms with Gasteiger partial charge in [-0.15, -0.1) is 0 Å². The molecule has 0 bridgehead atoms. The molecule has 1 aliphatic carbocycles. The Morgan fingerprint density at radius 1 is 0.938 bits per heavy atom. The number of fused-ring (bicyclic) bond motifs is 1. The highest BCUT2D eigenvalue weighted by molar-refractivity contribution is 5.20. The lowest BCUT2D eigenvalue weighted by molar-refractivity contribution is -0.0182. The molecule has 1 saturated carbocycles. The van der Waals surface area contributed by atoms with Gasteiger partial charge >= 0.3 is 0 Å². The molecule has 0 aromatic rings. The van der Waals surface area contributed by atoms with Gasteiger partial charge in [0.1, 0.15) is 0 Å². The highest BCUT2D eigenvalue weighted by atomic mass is 15.4. The third-order valence-electron chi connectivity index (χ3n) is 4.39. The van der Waals surface area contributed by atoms with E-state index in [4.69, 9.17) is 0 Å². The van der Waals surface area contributed by atoms with Crippen molar-refractivity contribution in [3.63, 3.8) is 0 Å². The zero-order valence-corrected chi connectivity index (χ0v) is 12.1. The Bertz CT molecular complexity index is 284. The van der Waals surface area contributed by atoms with Crippen LogP contribution in [0.2, 0.25) is 0 Å². The number of piperazine rings is 1. The summed E-state index contributed by atoms with van der Waals surface area (Å²) < 4.78 is 0. The minimum atomic E-state index is 0.313. The van der Waals surface area contributed by atoms with Crippen molar-refractivity contribution >= 4 is 0 Å². The van der Waals surface area contributed by atoms with Crippen LogP contribution < -0.4 is 0 Å². The van der Waals surface area contributed by atoms with E-state index in [-0.39, 0.29) is 0 Å². The van der Waals surface area contributed by atoms with Crippen LogP contribution >= 0.6 is 0 Å². The molecule has 1 aliphatic heterocycles. The van der Waals surface area contributed by atoms with E-state index in [0.717, 1.165) is 6.04 Å². The second-order valence-electron chi connectivity index (χ2n) is 7.76. The molecule has 2 aliphatic rings. The van der Waals surface area contributed by atoms with Crippen molar-refractivity contribution in [2.24, 2.45) is 0 Å². The SMILES string of the molecule is CC(C)(C)N1CCN(C(C)(C)C)C2(C)CC12. The Morgan fingerprint density at radius 3 is 1.94 bits per heavy atom. The topological polar surface area (TPSA) is 6.48 Å². The first kappa shape index (κ1) is 12.4. The third-order valence-corrected chi connectivity index (χ3v) is 4.39. The fourth-order valence-electron chi connectivity index (χ4n) is 3.59. The van der Waals surface area contributed by atoms with Crippen molar-refractivity contribution < 1.29 is 0 Å². The fraction of sp³-hybridized carbons (Fsp3) is 1.00. The Labute approximate surface area is 101 Å². The Kier molecular flexibility index (Phi) is 2.50. The monoisotopic (exact) mass is 224 g/mol. The normalized spacial score (nSPS) is 37.3. The molecule has 2 atom stereocenters. The van der Waals surface area contributed by atoms with Gasteiger partial charge in [0, 0.05) is 35.7 Å². The van der Waals surface area contributed by atoms with Crippen molar-refractivity contribution in [1.82, 2.24) is 9.80 Å². The molecule has 16 heavy (non-hydrogen) atoms. The first-order valence-electron chi connectivity index (χ1n) is 6.61. The van der Waals surface area contributed by atoms with Gasteiger partial charge in [0.15, 0.2) is 0 Å². The van der Waals surface area contributed by atoms with Crippen molar-refractivity contribution in [1.29, 1.82) is 0 Å². The number of hydrogen-bond donors (Lipinski definition) is 0. The van der Waals surface area contributed by atoms with E-state index in [2.05, 4.69) is 58.3 Å². The molecule has 2 unspecified atom stereocenters. The molecule has 0 aromatic heterocycles. The van der Waals surface area contributed by atoms with Gasteiger partial charge < -0.3 is 0 Å². The maximum atomic E-state index is 2.72. The molecule has 0 N–H and O–H groups in total. The Balaban J connectivity index is 2.16. The number of nitrogens with zero attached hydrogens (tertiary/aromatic N) is 2. The summed E-state index contributed by atoms with van der Waals surface area (Å²) in [5.41, 5.74) is 1.07. The van der Waals surface area contributed by atoms with Gasteiger partial charge in [-0.3, -0.25) is 9.80 Å². The first-order chi connectivity index (χ1) is 7.07. The molecule has 94 valence electrons. The molecule has 1 saturated heterocycles. The molecule has 2 rings (SSSR count). The minimum absolute atomic E-state index is 0.313. The summed E-state index contributed by atoms with van der Waals surface area (Å²) in [6.45, 7) is 19.0. The van der Waals surface area contributed by atoms with E-state index in [9.17, 15) is 0 Å². The summed E-state index contributed by atoms with van der Waals surface area (Å²) in [5.74, 6) is 0. The van der Waals surface area contributed by atoms with Crippen LogP contribution in [0.5, 0.6) is 0 Å². The third kappa shape index (κ3) is 1.80. The van der Waals surface area contributed by atoms with Crippen molar-refractivity contribution in [3.05, 3.63) is 0 Å². The maximum Gasteiger partial charge on any atom is 0.0358 e. The summed E-state index contributed by atoms with van der Waals surface area (Å²) in [6.07, 6.45) is 1.35. The van der Waals surface area contributed by atoms with Crippen LogP contribution in [0.4, 0.5) is 0 Å². The summed E-state index contributed by atoms with van der Waals surface area (Å²) in [5, 5.41) is 0. The van der Waals surface area contributed by atoms with E-state index in [1.54, 1.807) is 0 Å². The summed E-state index contributed by atoms with van der Waals surface area (Å²) >= 11 is 0. The van der Waals surface area contributed by atoms with Crippen LogP contribution in [-0.4, -0.2) is 45.5 Å². The van der Waals surface area contributed by atoms with Crippen LogP contribution in [-0.2, 0) is 0 Å². The second kappa shape index (κ2) is 3.23. The molecule has 2 nitrogen and oxygen atoms in total. The lowest BCUT2D eigenvalue weighted by atomic mass is 9.97. The molecule has 0 spiro atoms.